The maximum absolute atomic E-state index is 5.64. The van der Waals surface area contributed by atoms with Crippen LogP contribution in [0.3, 0.4) is 0 Å². The summed E-state index contributed by atoms with van der Waals surface area (Å²) in [6.07, 6.45) is 0. The van der Waals surface area contributed by atoms with Gasteiger partial charge in [0.25, 0.3) is 0 Å². The van der Waals surface area contributed by atoms with Crippen LogP contribution in [0.15, 0.2) is 24.3 Å². The molecule has 0 atom stereocenters. The van der Waals surface area contributed by atoms with Crippen LogP contribution in [0.5, 0.6) is 0 Å². The van der Waals surface area contributed by atoms with E-state index in [-0.39, 0.29) is 25.9 Å². The van der Waals surface area contributed by atoms with Crippen molar-refractivity contribution < 1.29 is 2.85 Å². The minimum atomic E-state index is 0. The van der Waals surface area contributed by atoms with Gasteiger partial charge in [-0.2, -0.15) is 0 Å². The van der Waals surface area contributed by atoms with Crippen molar-refractivity contribution in [3.05, 3.63) is 34.9 Å². The average Bonchev–Trinajstić information content (AvgIpc) is 1.64. The summed E-state index contributed by atoms with van der Waals surface area (Å²) in [4.78, 5) is 0. The van der Waals surface area contributed by atoms with Gasteiger partial charge in [-0.15, -0.1) is 0 Å². The summed E-state index contributed by atoms with van der Waals surface area (Å²) in [5.41, 5.74) is 1.21. The number of halogens is 1. The van der Waals surface area contributed by atoms with Crippen molar-refractivity contribution >= 4 is 34.7 Å². The molecule has 0 bridgehead atoms. The molecule has 1 rings (SSSR count). The molecule has 9 heavy (non-hydrogen) atoms. The third-order valence-corrected chi connectivity index (χ3v) is 1.22. The Morgan fingerprint density at radius 3 is 2.44 bits per heavy atom. The van der Waals surface area contributed by atoms with Gasteiger partial charge in [0.1, 0.15) is 0 Å². The Kier molecular flexibility index (Phi) is 4.28. The van der Waals surface area contributed by atoms with Crippen LogP contribution in [0.25, 0.3) is 0 Å². The molecule has 0 saturated heterocycles. The van der Waals surface area contributed by atoms with Crippen molar-refractivity contribution in [1.82, 2.24) is 0 Å². The van der Waals surface area contributed by atoms with Gasteiger partial charge in [0, 0.05) is 5.02 Å². The van der Waals surface area contributed by atoms with Crippen LogP contribution >= 0.6 is 11.6 Å². The average molecular weight is 153 g/mol. The van der Waals surface area contributed by atoms with E-state index in [9.17, 15) is 0 Å². The van der Waals surface area contributed by atoms with Crippen molar-refractivity contribution in [2.24, 2.45) is 0 Å². The SMILES string of the molecule is Cc1cccc(Cl)c1.[H-].[H-].[Mg+2]. The molecule has 0 radical (unpaired) electrons. The van der Waals surface area contributed by atoms with Gasteiger partial charge >= 0.3 is 23.1 Å². The molecule has 0 heterocycles. The van der Waals surface area contributed by atoms with Gasteiger partial charge < -0.3 is 2.85 Å². The monoisotopic (exact) mass is 152 g/mol. The number of aryl methyl sites for hydroxylation is 1. The van der Waals surface area contributed by atoms with E-state index in [1.54, 1.807) is 0 Å². The van der Waals surface area contributed by atoms with Crippen LogP contribution in [0.4, 0.5) is 0 Å². The molecular weight excluding hydrogens is 144 g/mol. The second kappa shape index (κ2) is 4.15. The Hall–Kier alpha value is 0.276. The molecule has 2 heteroatoms. The molecule has 0 aliphatic carbocycles. The summed E-state index contributed by atoms with van der Waals surface area (Å²) < 4.78 is 0. The van der Waals surface area contributed by atoms with Crippen LogP contribution in [0, 0.1) is 6.92 Å². The van der Waals surface area contributed by atoms with E-state index >= 15 is 0 Å². The van der Waals surface area contributed by atoms with Crippen molar-refractivity contribution in [2.45, 2.75) is 6.92 Å². The number of rotatable bonds is 0. The number of hydrogen-bond acceptors (Lipinski definition) is 0. The van der Waals surface area contributed by atoms with Crippen LogP contribution in [-0.4, -0.2) is 23.1 Å². The van der Waals surface area contributed by atoms with Gasteiger partial charge in [-0.25, -0.2) is 0 Å². The summed E-state index contributed by atoms with van der Waals surface area (Å²) in [7, 11) is 0. The summed E-state index contributed by atoms with van der Waals surface area (Å²) in [6, 6.07) is 7.76. The first kappa shape index (κ1) is 9.28. The van der Waals surface area contributed by atoms with E-state index in [1.165, 1.54) is 5.56 Å². The second-order valence-corrected chi connectivity index (χ2v) is 2.24. The van der Waals surface area contributed by atoms with Gasteiger partial charge in [0.05, 0.1) is 0 Å². The molecule has 0 aliphatic rings. The quantitative estimate of drug-likeness (QED) is 0.502. The molecule has 0 fully saturated rings. The Labute approximate surface area is 79.3 Å². The van der Waals surface area contributed by atoms with Crippen molar-refractivity contribution in [3.63, 3.8) is 0 Å². The van der Waals surface area contributed by atoms with Crippen molar-refractivity contribution in [3.8, 4) is 0 Å². The van der Waals surface area contributed by atoms with Crippen LogP contribution in [-0.2, 0) is 0 Å². The van der Waals surface area contributed by atoms with Gasteiger partial charge in [-0.1, -0.05) is 23.7 Å². The Balaban J connectivity index is -0.000000213. The molecule has 1 aromatic rings. The smallest absolute Gasteiger partial charge is 1.00 e. The van der Waals surface area contributed by atoms with Crippen LogP contribution < -0.4 is 0 Å². The minimum Gasteiger partial charge on any atom is -1.00 e. The molecule has 0 spiro atoms. The predicted octanol–water partition coefficient (Wildman–Crippen LogP) is 2.49. The molecule has 0 nitrogen and oxygen atoms in total. The molecular formula is C7H9ClMg. The molecule has 0 saturated carbocycles. The molecule has 1 aromatic carbocycles. The summed E-state index contributed by atoms with van der Waals surface area (Å²) in [6.45, 7) is 2.02. The fourth-order valence-electron chi connectivity index (χ4n) is 0.606. The fourth-order valence-corrected chi connectivity index (χ4v) is 0.850. The second-order valence-electron chi connectivity index (χ2n) is 1.80. The molecule has 0 amide bonds. The van der Waals surface area contributed by atoms with E-state index in [0.717, 1.165) is 5.02 Å². The summed E-state index contributed by atoms with van der Waals surface area (Å²) in [5, 5.41) is 0.810. The Morgan fingerprint density at radius 2 is 2.11 bits per heavy atom. The normalized spacial score (nSPS) is 8.22. The maximum atomic E-state index is 5.64. The van der Waals surface area contributed by atoms with E-state index in [4.69, 9.17) is 11.6 Å². The minimum absolute atomic E-state index is 0. The maximum Gasteiger partial charge on any atom is 2.00 e. The molecule has 0 unspecified atom stereocenters. The molecule has 0 aromatic heterocycles. The van der Waals surface area contributed by atoms with E-state index in [0.29, 0.717) is 0 Å². The Bertz CT molecular complexity index is 176. The third kappa shape index (κ3) is 3.09. The summed E-state index contributed by atoms with van der Waals surface area (Å²) >= 11 is 5.64. The fraction of sp³-hybridized carbons (Fsp3) is 0.143. The van der Waals surface area contributed by atoms with Gasteiger partial charge in [0.15, 0.2) is 0 Å². The van der Waals surface area contributed by atoms with Crippen LogP contribution in [0.1, 0.15) is 8.42 Å². The van der Waals surface area contributed by atoms with Crippen molar-refractivity contribution in [1.29, 1.82) is 0 Å². The first-order valence-corrected chi connectivity index (χ1v) is 2.89. The standard InChI is InChI=1S/C7H7Cl.Mg.2H/c1-6-3-2-4-7(8)5-6;;;/h2-5H,1H3;;;/q;+2;2*-1. The summed E-state index contributed by atoms with van der Waals surface area (Å²) in [5.74, 6) is 0. The van der Waals surface area contributed by atoms with E-state index in [1.807, 2.05) is 31.2 Å². The van der Waals surface area contributed by atoms with Crippen LogP contribution in [0.2, 0.25) is 5.02 Å². The molecule has 0 N–H and O–H groups in total. The van der Waals surface area contributed by atoms with E-state index in [2.05, 4.69) is 0 Å². The largest absolute Gasteiger partial charge is 2.00 e. The first-order valence-electron chi connectivity index (χ1n) is 2.51. The zero-order valence-corrected chi connectivity index (χ0v) is 7.56. The molecule has 46 valence electrons. The predicted molar refractivity (Wildman–Crippen MR) is 44.2 cm³/mol. The zero-order valence-electron chi connectivity index (χ0n) is 7.39. The Morgan fingerprint density at radius 1 is 1.44 bits per heavy atom. The van der Waals surface area contributed by atoms with Gasteiger partial charge in [-0.05, 0) is 24.6 Å². The first-order chi connectivity index (χ1) is 3.79. The topological polar surface area (TPSA) is 0 Å². The van der Waals surface area contributed by atoms with Gasteiger partial charge in [0.2, 0.25) is 0 Å². The van der Waals surface area contributed by atoms with Gasteiger partial charge in [-0.3, -0.25) is 0 Å². The number of hydrogen-bond donors (Lipinski definition) is 0. The number of benzene rings is 1. The molecule has 0 aliphatic heterocycles. The third-order valence-electron chi connectivity index (χ3n) is 0.980. The van der Waals surface area contributed by atoms with E-state index < -0.39 is 0 Å². The van der Waals surface area contributed by atoms with Crippen molar-refractivity contribution in [2.75, 3.05) is 0 Å². The zero-order chi connectivity index (χ0) is 5.98.